The summed E-state index contributed by atoms with van der Waals surface area (Å²) < 4.78 is 10.2. The number of carbonyl (C=O) groups is 2. The van der Waals surface area contributed by atoms with Crippen molar-refractivity contribution in [2.75, 3.05) is 18.5 Å². The van der Waals surface area contributed by atoms with Gasteiger partial charge in [0.15, 0.2) is 6.61 Å². The van der Waals surface area contributed by atoms with Crippen molar-refractivity contribution in [2.45, 2.75) is 26.2 Å². The molecule has 1 amide bonds. The molecule has 130 valence electrons. The van der Waals surface area contributed by atoms with Crippen molar-refractivity contribution < 1.29 is 19.1 Å². The number of carbonyl (C=O) groups excluding carboxylic acids is 2. The number of fused-ring (bicyclic) bond motifs is 1. The van der Waals surface area contributed by atoms with Gasteiger partial charge in [-0.15, -0.1) is 0 Å². The third-order valence-electron chi connectivity index (χ3n) is 4.11. The molecule has 2 aromatic carbocycles. The molecule has 5 heteroatoms. The molecule has 0 aliphatic heterocycles. The number of ether oxygens (including phenoxy) is 2. The van der Waals surface area contributed by atoms with Crippen LogP contribution in [0, 0.1) is 0 Å². The van der Waals surface area contributed by atoms with Gasteiger partial charge in [0, 0.05) is 11.3 Å². The van der Waals surface area contributed by atoms with Crippen LogP contribution in [0.15, 0.2) is 42.5 Å². The average molecular weight is 339 g/mol. The lowest BCUT2D eigenvalue weighted by atomic mass is 10.1. The molecular weight excluding hydrogens is 318 g/mol. The minimum atomic E-state index is -0.435. The molecule has 2 aromatic rings. The van der Waals surface area contributed by atoms with Crippen molar-refractivity contribution in [2.24, 2.45) is 0 Å². The summed E-state index contributed by atoms with van der Waals surface area (Å²) in [4.78, 5) is 23.8. The Balaban J connectivity index is 1.64. The molecule has 0 radical (unpaired) electrons. The number of hydrogen-bond donors (Lipinski definition) is 1. The predicted octanol–water partition coefficient (Wildman–Crippen LogP) is 3.37. The number of anilines is 1. The molecule has 25 heavy (non-hydrogen) atoms. The number of aryl methyl sites for hydroxylation is 2. The predicted molar refractivity (Wildman–Crippen MR) is 95.0 cm³/mol. The van der Waals surface area contributed by atoms with E-state index in [-0.39, 0.29) is 12.5 Å². The summed E-state index contributed by atoms with van der Waals surface area (Å²) in [6, 6.07) is 12.8. The Morgan fingerprint density at radius 1 is 1.08 bits per heavy atom. The van der Waals surface area contributed by atoms with Crippen LogP contribution in [-0.2, 0) is 22.4 Å². The first-order valence-corrected chi connectivity index (χ1v) is 8.47. The van der Waals surface area contributed by atoms with Gasteiger partial charge >= 0.3 is 5.97 Å². The summed E-state index contributed by atoms with van der Waals surface area (Å²) in [5, 5.41) is 2.91. The van der Waals surface area contributed by atoms with Gasteiger partial charge in [0.1, 0.15) is 5.75 Å². The first-order chi connectivity index (χ1) is 12.2. The van der Waals surface area contributed by atoms with Crippen LogP contribution in [-0.4, -0.2) is 25.1 Å². The highest BCUT2D eigenvalue weighted by molar-refractivity contribution is 6.04. The maximum Gasteiger partial charge on any atom is 0.344 e. The Morgan fingerprint density at radius 2 is 1.92 bits per heavy atom. The number of amides is 1. The first kappa shape index (κ1) is 17.0. The van der Waals surface area contributed by atoms with E-state index in [0.717, 1.165) is 18.5 Å². The molecule has 1 aliphatic carbocycles. The lowest BCUT2D eigenvalue weighted by Crippen LogP contribution is -2.15. The third kappa shape index (κ3) is 4.38. The number of esters is 1. The fourth-order valence-corrected chi connectivity index (χ4v) is 2.92. The molecule has 5 nitrogen and oxygen atoms in total. The zero-order valence-electron chi connectivity index (χ0n) is 14.2. The number of benzene rings is 2. The Hall–Kier alpha value is -2.82. The van der Waals surface area contributed by atoms with E-state index in [1.165, 1.54) is 17.5 Å². The number of hydrogen-bond acceptors (Lipinski definition) is 4. The monoisotopic (exact) mass is 339 g/mol. The van der Waals surface area contributed by atoms with Crippen molar-refractivity contribution >= 4 is 17.6 Å². The zero-order chi connectivity index (χ0) is 17.6. The Bertz CT molecular complexity index is 785. The van der Waals surface area contributed by atoms with Gasteiger partial charge in [0.05, 0.1) is 6.61 Å². The van der Waals surface area contributed by atoms with Gasteiger partial charge < -0.3 is 14.8 Å². The molecule has 0 saturated carbocycles. The maximum atomic E-state index is 12.4. The van der Waals surface area contributed by atoms with Crippen LogP contribution < -0.4 is 10.1 Å². The Morgan fingerprint density at radius 3 is 2.76 bits per heavy atom. The van der Waals surface area contributed by atoms with Gasteiger partial charge in [-0.3, -0.25) is 4.79 Å². The normalized spacial score (nSPS) is 12.4. The molecule has 0 heterocycles. The lowest BCUT2D eigenvalue weighted by molar-refractivity contribution is -0.145. The van der Waals surface area contributed by atoms with E-state index < -0.39 is 5.97 Å². The van der Waals surface area contributed by atoms with Crippen LogP contribution in [0.25, 0.3) is 0 Å². The Labute approximate surface area is 147 Å². The zero-order valence-corrected chi connectivity index (χ0v) is 14.2. The minimum Gasteiger partial charge on any atom is -0.482 e. The van der Waals surface area contributed by atoms with Crippen LogP contribution in [0.4, 0.5) is 5.69 Å². The Kier molecular flexibility index (Phi) is 5.33. The molecule has 0 fully saturated rings. The van der Waals surface area contributed by atoms with Crippen molar-refractivity contribution in [1.29, 1.82) is 0 Å². The third-order valence-corrected chi connectivity index (χ3v) is 4.11. The second-order valence-corrected chi connectivity index (χ2v) is 5.91. The van der Waals surface area contributed by atoms with Crippen LogP contribution in [0.5, 0.6) is 5.75 Å². The molecule has 0 saturated heterocycles. The maximum absolute atomic E-state index is 12.4. The SMILES string of the molecule is CCOC(=O)COc1cccc(C(=O)Nc2ccc3c(c2)CCC3)c1. The molecule has 3 rings (SSSR count). The molecule has 1 aliphatic rings. The van der Waals surface area contributed by atoms with Gasteiger partial charge in [0.2, 0.25) is 0 Å². The van der Waals surface area contributed by atoms with Crippen LogP contribution in [0.3, 0.4) is 0 Å². The highest BCUT2D eigenvalue weighted by Gasteiger charge is 2.13. The van der Waals surface area contributed by atoms with Gasteiger partial charge in [-0.05, 0) is 67.6 Å². The molecule has 0 bridgehead atoms. The summed E-state index contributed by atoms with van der Waals surface area (Å²) in [7, 11) is 0. The number of nitrogens with one attached hydrogen (secondary N) is 1. The second kappa shape index (κ2) is 7.83. The largest absolute Gasteiger partial charge is 0.482 e. The van der Waals surface area contributed by atoms with Crippen molar-refractivity contribution in [3.8, 4) is 5.75 Å². The van der Waals surface area contributed by atoms with E-state index >= 15 is 0 Å². The van der Waals surface area contributed by atoms with Crippen LogP contribution >= 0.6 is 0 Å². The first-order valence-electron chi connectivity index (χ1n) is 8.47. The van der Waals surface area contributed by atoms with E-state index in [4.69, 9.17) is 9.47 Å². The van der Waals surface area contributed by atoms with Crippen molar-refractivity contribution in [3.63, 3.8) is 0 Å². The molecule has 0 aromatic heterocycles. The smallest absolute Gasteiger partial charge is 0.344 e. The highest BCUT2D eigenvalue weighted by atomic mass is 16.6. The van der Waals surface area contributed by atoms with E-state index in [0.29, 0.717) is 17.9 Å². The van der Waals surface area contributed by atoms with Crippen LogP contribution in [0.2, 0.25) is 0 Å². The topological polar surface area (TPSA) is 64.6 Å². The van der Waals surface area contributed by atoms with E-state index in [1.807, 2.05) is 12.1 Å². The van der Waals surface area contributed by atoms with E-state index in [9.17, 15) is 9.59 Å². The standard InChI is InChI=1S/C20H21NO4/c1-2-24-19(22)13-25-18-8-4-7-16(12-18)20(23)21-17-10-9-14-5-3-6-15(14)11-17/h4,7-12H,2-3,5-6,13H2,1H3,(H,21,23). The van der Waals surface area contributed by atoms with Gasteiger partial charge in [-0.1, -0.05) is 12.1 Å². The number of rotatable bonds is 6. The molecule has 0 unspecified atom stereocenters. The summed E-state index contributed by atoms with van der Waals surface area (Å²) in [6.07, 6.45) is 3.35. The van der Waals surface area contributed by atoms with Crippen LogP contribution in [0.1, 0.15) is 34.8 Å². The van der Waals surface area contributed by atoms with Crippen molar-refractivity contribution in [3.05, 3.63) is 59.2 Å². The van der Waals surface area contributed by atoms with Gasteiger partial charge in [0.25, 0.3) is 5.91 Å². The summed E-state index contributed by atoms with van der Waals surface area (Å²) in [6.45, 7) is 1.87. The molecule has 0 spiro atoms. The summed E-state index contributed by atoms with van der Waals surface area (Å²) in [5.41, 5.74) is 3.95. The molecule has 1 N–H and O–H groups in total. The van der Waals surface area contributed by atoms with Gasteiger partial charge in [-0.2, -0.15) is 0 Å². The quantitative estimate of drug-likeness (QED) is 0.820. The fraction of sp³-hybridized carbons (Fsp3) is 0.300. The fourth-order valence-electron chi connectivity index (χ4n) is 2.92. The lowest BCUT2D eigenvalue weighted by Gasteiger charge is -2.09. The highest BCUT2D eigenvalue weighted by Crippen LogP contribution is 2.25. The molecular formula is C20H21NO4. The summed E-state index contributed by atoms with van der Waals surface area (Å²) >= 11 is 0. The van der Waals surface area contributed by atoms with Gasteiger partial charge in [-0.25, -0.2) is 4.79 Å². The summed E-state index contributed by atoms with van der Waals surface area (Å²) in [5.74, 6) is -0.190. The van der Waals surface area contributed by atoms with Crippen molar-refractivity contribution in [1.82, 2.24) is 0 Å². The minimum absolute atomic E-state index is 0.177. The second-order valence-electron chi connectivity index (χ2n) is 5.91. The molecule has 0 atom stereocenters. The van der Waals surface area contributed by atoms with E-state index in [2.05, 4.69) is 11.4 Å². The average Bonchev–Trinajstić information content (AvgIpc) is 3.08. The van der Waals surface area contributed by atoms with E-state index in [1.54, 1.807) is 31.2 Å².